The normalized spacial score (nSPS) is 27.3. The fourth-order valence-electron chi connectivity index (χ4n) is 2.29. The van der Waals surface area contributed by atoms with Crippen LogP contribution >= 0.6 is 24.0 Å². The molecule has 1 heterocycles. The number of hydrogen-bond acceptors (Lipinski definition) is 1. The Hall–Kier alpha value is -0.380. The molecule has 1 unspecified atom stereocenters. The van der Waals surface area contributed by atoms with Gasteiger partial charge in [-0.1, -0.05) is 29.8 Å². The van der Waals surface area contributed by atoms with E-state index in [0.717, 1.165) is 5.56 Å². The molecule has 1 nitrogen and oxygen atoms in total. The second kappa shape index (κ2) is 5.09. The number of benzene rings is 1. The quantitative estimate of drug-likeness (QED) is 0.821. The highest BCUT2D eigenvalue weighted by Crippen LogP contribution is 2.40. The van der Waals surface area contributed by atoms with Crippen molar-refractivity contribution in [3.05, 3.63) is 34.9 Å². The van der Waals surface area contributed by atoms with Gasteiger partial charge in [-0.05, 0) is 18.6 Å². The molecule has 0 amide bonds. The van der Waals surface area contributed by atoms with E-state index in [1.54, 1.807) is 25.1 Å². The van der Waals surface area contributed by atoms with E-state index in [-0.39, 0.29) is 25.2 Å². The monoisotopic (exact) mass is 281 g/mol. The summed E-state index contributed by atoms with van der Waals surface area (Å²) in [6.45, 7) is 2.09. The molecule has 17 heavy (non-hydrogen) atoms. The summed E-state index contributed by atoms with van der Waals surface area (Å²) in [5, 5.41) is 3.68. The molecule has 2 rings (SSSR count). The number of alkyl halides is 2. The lowest BCUT2D eigenvalue weighted by Gasteiger charge is -2.40. The molecular formula is C12H15Cl2F2N. The van der Waals surface area contributed by atoms with Crippen LogP contribution in [0.3, 0.4) is 0 Å². The molecule has 5 heteroatoms. The summed E-state index contributed by atoms with van der Waals surface area (Å²) < 4.78 is 26.9. The zero-order valence-corrected chi connectivity index (χ0v) is 11.0. The standard InChI is InChI=1S/C12H14ClF2N.ClH/c1-11(8-12(14,15)6-7-16-11)9-4-2-3-5-10(9)13;/h2-5,16H,6-8H2,1H3;1H. The predicted octanol–water partition coefficient (Wildman–Crippen LogP) is 4.00. The molecule has 1 aliphatic heterocycles. The van der Waals surface area contributed by atoms with Crippen molar-refractivity contribution in [2.45, 2.75) is 31.2 Å². The Morgan fingerprint density at radius 2 is 1.94 bits per heavy atom. The highest BCUT2D eigenvalue weighted by Gasteiger charge is 2.44. The lowest BCUT2D eigenvalue weighted by molar-refractivity contribution is -0.0611. The van der Waals surface area contributed by atoms with Crippen molar-refractivity contribution in [3.8, 4) is 0 Å². The maximum absolute atomic E-state index is 13.4. The van der Waals surface area contributed by atoms with Crippen molar-refractivity contribution in [1.29, 1.82) is 0 Å². The van der Waals surface area contributed by atoms with E-state index >= 15 is 0 Å². The molecule has 0 aliphatic carbocycles. The fraction of sp³-hybridized carbons (Fsp3) is 0.500. The molecule has 96 valence electrons. The van der Waals surface area contributed by atoms with Crippen molar-refractivity contribution in [3.63, 3.8) is 0 Å². The minimum Gasteiger partial charge on any atom is -0.307 e. The van der Waals surface area contributed by atoms with Crippen molar-refractivity contribution in [2.24, 2.45) is 0 Å². The molecular weight excluding hydrogens is 267 g/mol. The van der Waals surface area contributed by atoms with E-state index in [2.05, 4.69) is 5.32 Å². The summed E-state index contributed by atoms with van der Waals surface area (Å²) >= 11 is 6.06. The van der Waals surface area contributed by atoms with Crippen LogP contribution in [0, 0.1) is 0 Å². The van der Waals surface area contributed by atoms with Crippen LogP contribution in [0.15, 0.2) is 24.3 Å². The molecule has 1 saturated heterocycles. The van der Waals surface area contributed by atoms with Gasteiger partial charge in [0, 0.05) is 29.9 Å². The smallest absolute Gasteiger partial charge is 0.251 e. The molecule has 1 aromatic carbocycles. The Bertz CT molecular complexity index is 398. The molecule has 0 saturated carbocycles. The third kappa shape index (κ3) is 3.09. The van der Waals surface area contributed by atoms with Crippen LogP contribution in [0.5, 0.6) is 0 Å². The average Bonchev–Trinajstić information content (AvgIpc) is 2.16. The predicted molar refractivity (Wildman–Crippen MR) is 68.2 cm³/mol. The van der Waals surface area contributed by atoms with Gasteiger partial charge >= 0.3 is 0 Å². The zero-order valence-electron chi connectivity index (χ0n) is 9.47. The number of hydrogen-bond donors (Lipinski definition) is 1. The van der Waals surface area contributed by atoms with Gasteiger partial charge in [0.15, 0.2) is 0 Å². The molecule has 1 N–H and O–H groups in total. The van der Waals surface area contributed by atoms with Gasteiger partial charge in [-0.3, -0.25) is 0 Å². The molecule has 1 aliphatic rings. The lowest BCUT2D eigenvalue weighted by Crippen LogP contribution is -2.50. The third-order valence-corrected chi connectivity index (χ3v) is 3.42. The Balaban J connectivity index is 0.00000144. The zero-order chi connectivity index (χ0) is 11.8. The molecule has 1 fully saturated rings. The molecule has 0 spiro atoms. The van der Waals surface area contributed by atoms with E-state index in [9.17, 15) is 8.78 Å². The summed E-state index contributed by atoms with van der Waals surface area (Å²) in [5.74, 6) is -2.61. The van der Waals surface area contributed by atoms with Gasteiger partial charge in [-0.15, -0.1) is 12.4 Å². The molecule has 0 aromatic heterocycles. The summed E-state index contributed by atoms with van der Waals surface area (Å²) in [4.78, 5) is 0. The topological polar surface area (TPSA) is 12.0 Å². The fourth-order valence-corrected chi connectivity index (χ4v) is 2.63. The third-order valence-electron chi connectivity index (χ3n) is 3.09. The maximum Gasteiger partial charge on any atom is 0.251 e. The first-order chi connectivity index (χ1) is 7.43. The SMILES string of the molecule is CC1(c2ccccc2Cl)CC(F)(F)CCN1.Cl. The summed E-state index contributed by atoms with van der Waals surface area (Å²) in [6.07, 6.45) is -0.309. The highest BCUT2D eigenvalue weighted by atomic mass is 35.5. The molecule has 1 aromatic rings. The van der Waals surface area contributed by atoms with Crippen LogP contribution in [0.4, 0.5) is 8.78 Å². The van der Waals surface area contributed by atoms with Crippen LogP contribution in [0.2, 0.25) is 5.02 Å². The van der Waals surface area contributed by atoms with Gasteiger partial charge in [-0.25, -0.2) is 8.78 Å². The van der Waals surface area contributed by atoms with Gasteiger partial charge in [-0.2, -0.15) is 0 Å². The van der Waals surface area contributed by atoms with Crippen molar-refractivity contribution in [2.75, 3.05) is 6.54 Å². The number of halogens is 4. The Kier molecular flexibility index (Phi) is 4.39. The van der Waals surface area contributed by atoms with Crippen LogP contribution in [0.25, 0.3) is 0 Å². The number of nitrogens with one attached hydrogen (secondary N) is 1. The maximum atomic E-state index is 13.4. The van der Waals surface area contributed by atoms with Crippen molar-refractivity contribution < 1.29 is 8.78 Å². The van der Waals surface area contributed by atoms with Crippen LogP contribution < -0.4 is 5.32 Å². The van der Waals surface area contributed by atoms with Gasteiger partial charge in [0.1, 0.15) is 0 Å². The van der Waals surface area contributed by atoms with E-state index in [1.807, 2.05) is 6.07 Å². The van der Waals surface area contributed by atoms with E-state index in [0.29, 0.717) is 11.6 Å². The van der Waals surface area contributed by atoms with Gasteiger partial charge < -0.3 is 5.32 Å². The summed E-state index contributed by atoms with van der Waals surface area (Å²) in [5.41, 5.74) is 0.0103. The van der Waals surface area contributed by atoms with Crippen molar-refractivity contribution in [1.82, 2.24) is 5.32 Å². The largest absolute Gasteiger partial charge is 0.307 e. The average molecular weight is 282 g/mol. The van der Waals surface area contributed by atoms with Crippen LogP contribution in [-0.2, 0) is 5.54 Å². The first-order valence-electron chi connectivity index (χ1n) is 5.31. The minimum atomic E-state index is -2.61. The number of piperidine rings is 1. The van der Waals surface area contributed by atoms with Gasteiger partial charge in [0.05, 0.1) is 0 Å². The minimum absolute atomic E-state index is 0. The van der Waals surface area contributed by atoms with Gasteiger partial charge in [0.25, 0.3) is 5.92 Å². The van der Waals surface area contributed by atoms with E-state index < -0.39 is 11.5 Å². The van der Waals surface area contributed by atoms with Crippen LogP contribution in [-0.4, -0.2) is 12.5 Å². The van der Waals surface area contributed by atoms with E-state index in [4.69, 9.17) is 11.6 Å². The second-order valence-electron chi connectivity index (χ2n) is 4.52. The highest BCUT2D eigenvalue weighted by molar-refractivity contribution is 6.31. The Morgan fingerprint density at radius 1 is 1.29 bits per heavy atom. The van der Waals surface area contributed by atoms with Gasteiger partial charge in [0.2, 0.25) is 0 Å². The summed E-state index contributed by atoms with van der Waals surface area (Å²) in [6, 6.07) is 7.16. The van der Waals surface area contributed by atoms with Crippen molar-refractivity contribution >= 4 is 24.0 Å². The first-order valence-corrected chi connectivity index (χ1v) is 5.69. The number of rotatable bonds is 1. The molecule has 1 atom stereocenters. The van der Waals surface area contributed by atoms with E-state index in [1.165, 1.54) is 0 Å². The first kappa shape index (κ1) is 14.7. The lowest BCUT2D eigenvalue weighted by atomic mass is 9.82. The summed E-state index contributed by atoms with van der Waals surface area (Å²) in [7, 11) is 0. The van der Waals surface area contributed by atoms with Crippen LogP contribution in [0.1, 0.15) is 25.3 Å². The Morgan fingerprint density at radius 3 is 2.53 bits per heavy atom. The molecule has 0 radical (unpaired) electrons. The molecule has 0 bridgehead atoms. The second-order valence-corrected chi connectivity index (χ2v) is 4.93. The Labute approximate surface area is 111 Å².